The van der Waals surface area contributed by atoms with Gasteiger partial charge in [-0.15, -0.1) is 0 Å². The quantitative estimate of drug-likeness (QED) is 0.933. The zero-order valence-electron chi connectivity index (χ0n) is 10.7. The van der Waals surface area contributed by atoms with E-state index in [2.05, 4.69) is 0 Å². The lowest BCUT2D eigenvalue weighted by Gasteiger charge is -2.26. The first-order chi connectivity index (χ1) is 9.31. The van der Waals surface area contributed by atoms with Gasteiger partial charge in [-0.25, -0.2) is 0 Å². The molecule has 0 aliphatic carbocycles. The molecule has 4 nitrogen and oxygen atoms in total. The van der Waals surface area contributed by atoms with Crippen molar-refractivity contribution in [3.63, 3.8) is 0 Å². The minimum absolute atomic E-state index is 0.337. The van der Waals surface area contributed by atoms with Crippen molar-refractivity contribution < 1.29 is 21.6 Å². The number of hydrogen-bond acceptors (Lipinski definition) is 2. The second-order valence-electron chi connectivity index (χ2n) is 4.61. The summed E-state index contributed by atoms with van der Waals surface area (Å²) in [6, 6.07) is 4.56. The summed E-state index contributed by atoms with van der Waals surface area (Å²) in [5, 5.41) is 0. The van der Waals surface area contributed by atoms with Gasteiger partial charge in [0.05, 0.1) is 11.3 Å². The van der Waals surface area contributed by atoms with Gasteiger partial charge in [-0.2, -0.15) is 25.9 Å². The van der Waals surface area contributed by atoms with Crippen LogP contribution in [0.4, 0.5) is 18.9 Å². The lowest BCUT2D eigenvalue weighted by molar-refractivity contribution is -0.136. The largest absolute Gasteiger partial charge is 0.418 e. The molecule has 1 aliphatic heterocycles. The standard InChI is InChI=1S/C12H15F3N2O2S/c13-12(14,15)10-6-2-3-7-11(10)16-20(18,19)17-8-4-1-5-9-17/h2-3,6-7,16H,1,4-5,8-9H2. The van der Waals surface area contributed by atoms with E-state index in [0.29, 0.717) is 13.1 Å². The van der Waals surface area contributed by atoms with Crippen LogP contribution in [-0.4, -0.2) is 25.8 Å². The number of nitrogens with zero attached hydrogens (tertiary/aromatic N) is 1. The highest BCUT2D eigenvalue weighted by Gasteiger charge is 2.35. The van der Waals surface area contributed by atoms with Crippen molar-refractivity contribution in [3.8, 4) is 0 Å². The van der Waals surface area contributed by atoms with Gasteiger partial charge in [-0.3, -0.25) is 4.72 Å². The average Bonchev–Trinajstić information content (AvgIpc) is 2.39. The number of anilines is 1. The minimum atomic E-state index is -4.60. The Labute approximate surface area is 115 Å². The molecule has 112 valence electrons. The summed E-state index contributed by atoms with van der Waals surface area (Å²) in [7, 11) is -3.94. The molecule has 2 rings (SSSR count). The van der Waals surface area contributed by atoms with Crippen molar-refractivity contribution in [2.45, 2.75) is 25.4 Å². The molecule has 1 saturated heterocycles. The molecule has 1 heterocycles. The molecule has 0 unspecified atom stereocenters. The van der Waals surface area contributed by atoms with Gasteiger partial charge in [0.15, 0.2) is 0 Å². The summed E-state index contributed by atoms with van der Waals surface area (Å²) < 4.78 is 65.8. The van der Waals surface area contributed by atoms with Gasteiger partial charge in [0.1, 0.15) is 0 Å². The Hall–Kier alpha value is -1.28. The second kappa shape index (κ2) is 5.61. The molecule has 0 radical (unpaired) electrons. The number of piperidine rings is 1. The van der Waals surface area contributed by atoms with Crippen LogP contribution in [0.5, 0.6) is 0 Å². The molecule has 1 aromatic carbocycles. The summed E-state index contributed by atoms with van der Waals surface area (Å²) in [4.78, 5) is 0. The molecule has 0 bridgehead atoms. The van der Waals surface area contributed by atoms with E-state index in [1.165, 1.54) is 16.4 Å². The van der Waals surface area contributed by atoms with Crippen molar-refractivity contribution in [1.29, 1.82) is 0 Å². The van der Waals surface area contributed by atoms with E-state index in [-0.39, 0.29) is 0 Å². The number of benzene rings is 1. The van der Waals surface area contributed by atoms with E-state index >= 15 is 0 Å². The third kappa shape index (κ3) is 3.43. The lowest BCUT2D eigenvalue weighted by Crippen LogP contribution is -2.39. The summed E-state index contributed by atoms with van der Waals surface area (Å²) in [5.41, 5.74) is -1.42. The fraction of sp³-hybridized carbons (Fsp3) is 0.500. The van der Waals surface area contributed by atoms with Crippen molar-refractivity contribution in [2.24, 2.45) is 0 Å². The van der Waals surface area contributed by atoms with Gasteiger partial charge >= 0.3 is 16.4 Å². The first-order valence-corrected chi connectivity index (χ1v) is 7.69. The van der Waals surface area contributed by atoms with E-state index in [1.807, 2.05) is 4.72 Å². The predicted octanol–water partition coefficient (Wildman–Crippen LogP) is 2.85. The van der Waals surface area contributed by atoms with Gasteiger partial charge in [-0.1, -0.05) is 18.6 Å². The topological polar surface area (TPSA) is 49.4 Å². The Morgan fingerprint density at radius 2 is 1.65 bits per heavy atom. The number of rotatable bonds is 3. The Bertz CT molecular complexity index is 566. The number of halogens is 3. The Morgan fingerprint density at radius 1 is 1.05 bits per heavy atom. The van der Waals surface area contributed by atoms with Crippen LogP contribution in [0.15, 0.2) is 24.3 Å². The van der Waals surface area contributed by atoms with Crippen LogP contribution in [0.3, 0.4) is 0 Å². The number of nitrogens with one attached hydrogen (secondary N) is 1. The number of hydrogen-bond donors (Lipinski definition) is 1. The van der Waals surface area contributed by atoms with E-state index < -0.39 is 27.6 Å². The molecule has 0 amide bonds. The summed E-state index contributed by atoms with van der Waals surface area (Å²) >= 11 is 0. The maximum Gasteiger partial charge on any atom is 0.418 e. The fourth-order valence-electron chi connectivity index (χ4n) is 2.13. The number of para-hydroxylation sites is 1. The maximum absolute atomic E-state index is 12.8. The Kier molecular flexibility index (Phi) is 4.24. The summed E-state index contributed by atoms with van der Waals surface area (Å²) in [6.07, 6.45) is -2.21. The molecule has 20 heavy (non-hydrogen) atoms. The third-order valence-corrected chi connectivity index (χ3v) is 4.65. The fourth-order valence-corrected chi connectivity index (χ4v) is 3.45. The van der Waals surface area contributed by atoms with Gasteiger partial charge in [0.25, 0.3) is 0 Å². The van der Waals surface area contributed by atoms with Gasteiger partial charge in [-0.05, 0) is 25.0 Å². The van der Waals surface area contributed by atoms with Crippen molar-refractivity contribution in [1.82, 2.24) is 4.31 Å². The van der Waals surface area contributed by atoms with E-state index in [9.17, 15) is 21.6 Å². The lowest BCUT2D eigenvalue weighted by atomic mass is 10.2. The van der Waals surface area contributed by atoms with Crippen LogP contribution >= 0.6 is 0 Å². The molecule has 1 aliphatic rings. The normalized spacial score (nSPS) is 17.9. The van der Waals surface area contributed by atoms with Gasteiger partial charge in [0, 0.05) is 13.1 Å². The molecule has 1 N–H and O–H groups in total. The third-order valence-electron chi connectivity index (χ3n) is 3.13. The highest BCUT2D eigenvalue weighted by atomic mass is 32.2. The zero-order valence-corrected chi connectivity index (χ0v) is 11.5. The molecule has 1 aromatic rings. The van der Waals surface area contributed by atoms with Crippen molar-refractivity contribution in [2.75, 3.05) is 17.8 Å². The molecular formula is C12H15F3N2O2S. The summed E-state index contributed by atoms with van der Waals surface area (Å²) in [6.45, 7) is 0.674. The van der Waals surface area contributed by atoms with E-state index in [0.717, 1.165) is 31.4 Å². The first-order valence-electron chi connectivity index (χ1n) is 6.25. The van der Waals surface area contributed by atoms with Crippen LogP contribution in [0.1, 0.15) is 24.8 Å². The first kappa shape index (κ1) is 15.1. The zero-order chi connectivity index (χ0) is 14.8. The maximum atomic E-state index is 12.8. The highest BCUT2D eigenvalue weighted by molar-refractivity contribution is 7.90. The van der Waals surface area contributed by atoms with Crippen LogP contribution in [0.2, 0.25) is 0 Å². The Morgan fingerprint density at radius 3 is 2.25 bits per heavy atom. The minimum Gasteiger partial charge on any atom is -0.270 e. The van der Waals surface area contributed by atoms with E-state index in [4.69, 9.17) is 0 Å². The molecule has 0 aromatic heterocycles. The number of alkyl halides is 3. The Balaban J connectivity index is 2.25. The van der Waals surface area contributed by atoms with E-state index in [1.54, 1.807) is 0 Å². The smallest absolute Gasteiger partial charge is 0.270 e. The molecule has 8 heteroatoms. The highest BCUT2D eigenvalue weighted by Crippen LogP contribution is 2.35. The van der Waals surface area contributed by atoms with Gasteiger partial charge < -0.3 is 0 Å². The second-order valence-corrected chi connectivity index (χ2v) is 6.28. The average molecular weight is 308 g/mol. The molecular weight excluding hydrogens is 293 g/mol. The molecule has 0 saturated carbocycles. The van der Waals surface area contributed by atoms with Crippen molar-refractivity contribution >= 4 is 15.9 Å². The van der Waals surface area contributed by atoms with Crippen molar-refractivity contribution in [3.05, 3.63) is 29.8 Å². The molecule has 1 fully saturated rings. The van der Waals surface area contributed by atoms with Crippen LogP contribution in [0, 0.1) is 0 Å². The van der Waals surface area contributed by atoms with Crippen LogP contribution in [-0.2, 0) is 16.4 Å². The van der Waals surface area contributed by atoms with Crippen LogP contribution in [0.25, 0.3) is 0 Å². The van der Waals surface area contributed by atoms with Crippen LogP contribution < -0.4 is 4.72 Å². The summed E-state index contributed by atoms with van der Waals surface area (Å²) in [5.74, 6) is 0. The molecule has 0 spiro atoms. The SMILES string of the molecule is O=S(=O)(Nc1ccccc1C(F)(F)F)N1CCCCC1. The molecule has 0 atom stereocenters. The van der Waals surface area contributed by atoms with Gasteiger partial charge in [0.2, 0.25) is 0 Å². The predicted molar refractivity (Wildman–Crippen MR) is 69.4 cm³/mol. The monoisotopic (exact) mass is 308 g/mol.